The summed E-state index contributed by atoms with van der Waals surface area (Å²) < 4.78 is 42.4. The van der Waals surface area contributed by atoms with Crippen LogP contribution in [0.1, 0.15) is 11.4 Å². The highest BCUT2D eigenvalue weighted by Gasteiger charge is 2.30. The average molecular weight is 277 g/mol. The van der Waals surface area contributed by atoms with Crippen LogP contribution in [0.5, 0.6) is 5.75 Å². The lowest BCUT2D eigenvalue weighted by Gasteiger charge is -2.22. The summed E-state index contributed by atoms with van der Waals surface area (Å²) >= 11 is 0. The molecule has 0 saturated carbocycles. The number of hydrogen-bond acceptors (Lipinski definition) is 4. The van der Waals surface area contributed by atoms with E-state index in [1.165, 1.54) is 12.0 Å². The monoisotopic (exact) mass is 277 g/mol. The van der Waals surface area contributed by atoms with Gasteiger partial charge in [0.1, 0.15) is 5.75 Å². The predicted octanol–water partition coefficient (Wildman–Crippen LogP) is 1.72. The molecular formula is C12H18F3N3O. The van der Waals surface area contributed by atoms with Crippen molar-refractivity contribution in [2.24, 2.45) is 5.73 Å². The number of aromatic nitrogens is 1. The topological polar surface area (TPSA) is 51.4 Å². The third kappa shape index (κ3) is 5.89. The van der Waals surface area contributed by atoms with Crippen LogP contribution in [0.25, 0.3) is 0 Å². The molecule has 1 aromatic heterocycles. The summed E-state index contributed by atoms with van der Waals surface area (Å²) in [5.74, 6) is 0.585. The van der Waals surface area contributed by atoms with E-state index in [-0.39, 0.29) is 19.6 Å². The Bertz CT molecular complexity index is 410. The summed E-state index contributed by atoms with van der Waals surface area (Å²) in [5.41, 5.74) is 6.57. The fourth-order valence-electron chi connectivity index (χ4n) is 1.78. The van der Waals surface area contributed by atoms with Crippen LogP contribution < -0.4 is 10.5 Å². The lowest BCUT2D eigenvalue weighted by Crippen LogP contribution is -2.37. The highest BCUT2D eigenvalue weighted by atomic mass is 19.4. The number of methoxy groups -OCH3 is 1. The first-order chi connectivity index (χ1) is 8.84. The number of pyridine rings is 1. The van der Waals surface area contributed by atoms with Gasteiger partial charge < -0.3 is 10.5 Å². The Morgan fingerprint density at radius 2 is 2.05 bits per heavy atom. The average Bonchev–Trinajstić information content (AvgIpc) is 2.26. The van der Waals surface area contributed by atoms with Crippen molar-refractivity contribution in [3.63, 3.8) is 0 Å². The SMILES string of the molecule is COc1cc(C)nc(CN(CCN)CC(F)(F)F)c1. The van der Waals surface area contributed by atoms with Gasteiger partial charge in [-0.05, 0) is 6.92 Å². The van der Waals surface area contributed by atoms with Gasteiger partial charge in [-0.3, -0.25) is 9.88 Å². The van der Waals surface area contributed by atoms with Crippen LogP contribution in [0.2, 0.25) is 0 Å². The molecule has 1 heterocycles. The number of nitrogens with zero attached hydrogens (tertiary/aromatic N) is 2. The van der Waals surface area contributed by atoms with Crippen LogP contribution in [-0.4, -0.2) is 42.8 Å². The molecule has 108 valence electrons. The first-order valence-electron chi connectivity index (χ1n) is 5.85. The Morgan fingerprint density at radius 1 is 1.37 bits per heavy atom. The van der Waals surface area contributed by atoms with E-state index in [1.54, 1.807) is 19.1 Å². The van der Waals surface area contributed by atoms with Crippen molar-refractivity contribution in [2.45, 2.75) is 19.6 Å². The van der Waals surface area contributed by atoms with Gasteiger partial charge in [-0.25, -0.2) is 0 Å². The Balaban J connectivity index is 2.80. The van der Waals surface area contributed by atoms with E-state index in [9.17, 15) is 13.2 Å². The van der Waals surface area contributed by atoms with Crippen molar-refractivity contribution in [2.75, 3.05) is 26.7 Å². The van der Waals surface area contributed by atoms with E-state index in [1.807, 2.05) is 0 Å². The summed E-state index contributed by atoms with van der Waals surface area (Å²) in [4.78, 5) is 5.43. The molecule has 0 aliphatic carbocycles. The highest BCUT2D eigenvalue weighted by Crippen LogP contribution is 2.19. The second kappa shape index (κ2) is 6.72. The number of ether oxygens (including phenoxy) is 1. The highest BCUT2D eigenvalue weighted by molar-refractivity contribution is 5.26. The molecule has 19 heavy (non-hydrogen) atoms. The standard InChI is InChI=1S/C12H18F3N3O/c1-9-5-11(19-2)6-10(17-9)7-18(4-3-16)8-12(13,14)15/h5-6H,3-4,7-8,16H2,1-2H3. The molecule has 4 nitrogen and oxygen atoms in total. The Labute approximate surface area is 110 Å². The van der Waals surface area contributed by atoms with Gasteiger partial charge in [0.2, 0.25) is 0 Å². The van der Waals surface area contributed by atoms with Crippen LogP contribution >= 0.6 is 0 Å². The second-order valence-corrected chi connectivity index (χ2v) is 4.25. The van der Waals surface area contributed by atoms with Gasteiger partial charge in [-0.2, -0.15) is 13.2 Å². The molecule has 0 amide bonds. The minimum absolute atomic E-state index is 0.0920. The van der Waals surface area contributed by atoms with Crippen molar-refractivity contribution >= 4 is 0 Å². The molecular weight excluding hydrogens is 259 g/mol. The van der Waals surface area contributed by atoms with Gasteiger partial charge in [0.05, 0.1) is 19.3 Å². The minimum Gasteiger partial charge on any atom is -0.497 e. The van der Waals surface area contributed by atoms with Gasteiger partial charge in [0.15, 0.2) is 0 Å². The third-order valence-corrected chi connectivity index (χ3v) is 2.45. The van der Waals surface area contributed by atoms with Crippen molar-refractivity contribution in [1.82, 2.24) is 9.88 Å². The summed E-state index contributed by atoms with van der Waals surface area (Å²) in [6.07, 6.45) is -4.25. The predicted molar refractivity (Wildman–Crippen MR) is 65.9 cm³/mol. The first-order valence-corrected chi connectivity index (χ1v) is 5.85. The number of halogens is 3. The minimum atomic E-state index is -4.25. The van der Waals surface area contributed by atoms with Crippen LogP contribution in [-0.2, 0) is 6.54 Å². The first kappa shape index (κ1) is 15.7. The number of alkyl halides is 3. The quantitative estimate of drug-likeness (QED) is 0.860. The van der Waals surface area contributed by atoms with E-state index in [4.69, 9.17) is 10.5 Å². The van der Waals surface area contributed by atoms with Crippen molar-refractivity contribution in [3.8, 4) is 5.75 Å². The zero-order chi connectivity index (χ0) is 14.5. The number of hydrogen-bond donors (Lipinski definition) is 1. The van der Waals surface area contributed by atoms with Gasteiger partial charge in [-0.1, -0.05) is 0 Å². The maximum atomic E-state index is 12.4. The molecule has 2 N–H and O–H groups in total. The largest absolute Gasteiger partial charge is 0.497 e. The molecule has 7 heteroatoms. The summed E-state index contributed by atoms with van der Waals surface area (Å²) in [7, 11) is 1.51. The van der Waals surface area contributed by atoms with Crippen LogP contribution in [0, 0.1) is 6.92 Å². The zero-order valence-electron chi connectivity index (χ0n) is 11.0. The maximum Gasteiger partial charge on any atom is 0.401 e. The number of nitrogens with two attached hydrogens (primary N) is 1. The molecule has 0 saturated heterocycles. The fourth-order valence-corrected chi connectivity index (χ4v) is 1.78. The van der Waals surface area contributed by atoms with Gasteiger partial charge >= 0.3 is 6.18 Å². The molecule has 0 bridgehead atoms. The molecule has 0 aromatic carbocycles. The molecule has 0 spiro atoms. The Kier molecular flexibility index (Phi) is 5.56. The lowest BCUT2D eigenvalue weighted by atomic mass is 10.2. The van der Waals surface area contributed by atoms with E-state index in [0.29, 0.717) is 17.1 Å². The molecule has 0 aliphatic heterocycles. The smallest absolute Gasteiger partial charge is 0.401 e. The van der Waals surface area contributed by atoms with Crippen LogP contribution in [0.4, 0.5) is 13.2 Å². The molecule has 1 rings (SSSR count). The normalized spacial score (nSPS) is 11.9. The van der Waals surface area contributed by atoms with Gasteiger partial charge in [-0.15, -0.1) is 0 Å². The second-order valence-electron chi connectivity index (χ2n) is 4.25. The number of rotatable bonds is 6. The number of aryl methyl sites for hydroxylation is 1. The zero-order valence-corrected chi connectivity index (χ0v) is 11.0. The summed E-state index contributed by atoms with van der Waals surface area (Å²) in [6.45, 7) is 1.19. The van der Waals surface area contributed by atoms with E-state index >= 15 is 0 Å². The summed E-state index contributed by atoms with van der Waals surface area (Å²) in [5, 5.41) is 0. The van der Waals surface area contributed by atoms with Crippen LogP contribution in [0.15, 0.2) is 12.1 Å². The maximum absolute atomic E-state index is 12.4. The Hall–Kier alpha value is -1.34. The van der Waals surface area contributed by atoms with E-state index in [2.05, 4.69) is 4.98 Å². The molecule has 0 fully saturated rings. The molecule has 1 aromatic rings. The lowest BCUT2D eigenvalue weighted by molar-refractivity contribution is -0.146. The van der Waals surface area contributed by atoms with Crippen molar-refractivity contribution < 1.29 is 17.9 Å². The summed E-state index contributed by atoms with van der Waals surface area (Å²) in [6, 6.07) is 3.35. The third-order valence-electron chi connectivity index (χ3n) is 2.45. The van der Waals surface area contributed by atoms with Crippen LogP contribution in [0.3, 0.4) is 0 Å². The Morgan fingerprint density at radius 3 is 2.58 bits per heavy atom. The van der Waals surface area contributed by atoms with Crippen molar-refractivity contribution in [3.05, 3.63) is 23.5 Å². The molecule has 0 radical (unpaired) electrons. The molecule has 0 atom stereocenters. The van der Waals surface area contributed by atoms with E-state index in [0.717, 1.165) is 0 Å². The van der Waals surface area contributed by atoms with Gasteiger partial charge in [0.25, 0.3) is 0 Å². The molecule has 0 unspecified atom stereocenters. The van der Waals surface area contributed by atoms with Crippen molar-refractivity contribution in [1.29, 1.82) is 0 Å². The molecule has 0 aliphatic rings. The van der Waals surface area contributed by atoms with Gasteiger partial charge in [0, 0.05) is 37.5 Å². The fraction of sp³-hybridized carbons (Fsp3) is 0.583. The van der Waals surface area contributed by atoms with E-state index < -0.39 is 12.7 Å².